The van der Waals surface area contributed by atoms with Crippen LogP contribution in [0, 0.1) is 0 Å². The van der Waals surface area contributed by atoms with Gasteiger partial charge in [0.25, 0.3) is 15.9 Å². The Morgan fingerprint density at radius 2 is 2.02 bits per heavy atom. The van der Waals surface area contributed by atoms with Gasteiger partial charge in [-0.05, 0) is 72.3 Å². The molecule has 2 aromatic carbocycles. The molecule has 40 heavy (non-hydrogen) atoms. The van der Waals surface area contributed by atoms with E-state index < -0.39 is 28.3 Å². The van der Waals surface area contributed by atoms with Gasteiger partial charge in [0.15, 0.2) is 6.29 Å². The molecule has 0 radical (unpaired) electrons. The Balaban J connectivity index is 1.18. The molecule has 10 nitrogen and oxygen atoms in total. The van der Waals surface area contributed by atoms with E-state index in [0.29, 0.717) is 24.4 Å². The summed E-state index contributed by atoms with van der Waals surface area (Å²) in [6.07, 6.45) is 7.10. The minimum Gasteiger partial charge on any atom is -0.385 e. The Morgan fingerprint density at radius 1 is 1.23 bits per heavy atom. The van der Waals surface area contributed by atoms with Crippen LogP contribution in [-0.2, 0) is 24.4 Å². The number of aromatic nitrogens is 2. The van der Waals surface area contributed by atoms with E-state index in [9.17, 15) is 18.3 Å². The first-order valence-corrected chi connectivity index (χ1v) is 14.5. The lowest BCUT2D eigenvalue weighted by Crippen LogP contribution is -2.32. The number of aliphatic hydroxyl groups excluding tert-OH is 1. The molecule has 1 amide bonds. The topological polar surface area (TPSA) is 126 Å². The fourth-order valence-electron chi connectivity index (χ4n) is 4.51. The summed E-state index contributed by atoms with van der Waals surface area (Å²) in [4.78, 5) is 22.5. The molecular weight excluding hydrogens is 532 g/mol. The molecule has 1 fully saturated rings. The highest BCUT2D eigenvalue weighted by atomic mass is 32.2. The second kappa shape index (κ2) is 12.1. The summed E-state index contributed by atoms with van der Waals surface area (Å²) in [5.41, 5.74) is 5.30. The van der Waals surface area contributed by atoms with E-state index in [0.717, 1.165) is 39.8 Å². The van der Waals surface area contributed by atoms with E-state index in [4.69, 9.17) is 9.57 Å². The van der Waals surface area contributed by atoms with Crippen LogP contribution in [0.3, 0.4) is 0 Å². The zero-order chi connectivity index (χ0) is 28.1. The van der Waals surface area contributed by atoms with Gasteiger partial charge in [0.2, 0.25) is 0 Å². The predicted octanol–water partition coefficient (Wildman–Crippen LogP) is 3.96. The average Bonchev–Trinajstić information content (AvgIpc) is 3.64. The predicted molar refractivity (Wildman–Crippen MR) is 152 cm³/mol. The van der Waals surface area contributed by atoms with Crippen molar-refractivity contribution in [2.75, 3.05) is 25.1 Å². The van der Waals surface area contributed by atoms with Gasteiger partial charge in [-0.25, -0.2) is 22.7 Å². The third-order valence-electron chi connectivity index (χ3n) is 6.76. The number of carbonyl (C=O) groups is 1. The second-order valence-corrected chi connectivity index (χ2v) is 11.5. The highest BCUT2D eigenvalue weighted by Gasteiger charge is 2.19. The van der Waals surface area contributed by atoms with Gasteiger partial charge in [0, 0.05) is 62.0 Å². The van der Waals surface area contributed by atoms with Gasteiger partial charge in [-0.1, -0.05) is 18.2 Å². The number of para-hydroxylation sites is 1. The normalized spacial score (nSPS) is 16.8. The summed E-state index contributed by atoms with van der Waals surface area (Å²) >= 11 is 0. The Labute approximate surface area is 232 Å². The fraction of sp³-hybridized carbons (Fsp3) is 0.276. The molecule has 1 aliphatic rings. The van der Waals surface area contributed by atoms with Crippen LogP contribution in [0.25, 0.3) is 17.0 Å². The molecule has 2 unspecified atom stereocenters. The highest BCUT2D eigenvalue weighted by Crippen LogP contribution is 2.24. The van der Waals surface area contributed by atoms with Crippen molar-refractivity contribution in [3.63, 3.8) is 0 Å². The van der Waals surface area contributed by atoms with Crippen LogP contribution in [0.1, 0.15) is 36.6 Å². The molecule has 2 aromatic heterocycles. The number of hydroxylamine groups is 1. The first-order valence-electron chi connectivity index (χ1n) is 13.1. The van der Waals surface area contributed by atoms with Gasteiger partial charge in [-0.2, -0.15) is 0 Å². The molecular formula is C29H32N4O6S. The minimum absolute atomic E-state index is 0.116. The largest absolute Gasteiger partial charge is 0.385 e. The van der Waals surface area contributed by atoms with Crippen molar-refractivity contribution in [3.05, 3.63) is 90.4 Å². The quantitative estimate of drug-likeness (QED) is 0.197. The number of ether oxygens (including phenoxy) is 1. The summed E-state index contributed by atoms with van der Waals surface area (Å²) in [6, 6.07) is 17.8. The zero-order valence-electron chi connectivity index (χ0n) is 22.1. The maximum absolute atomic E-state index is 13.2. The van der Waals surface area contributed by atoms with Gasteiger partial charge >= 0.3 is 0 Å². The molecule has 1 aliphatic heterocycles. The first kappa shape index (κ1) is 27.7. The van der Waals surface area contributed by atoms with E-state index >= 15 is 0 Å². The lowest BCUT2D eigenvalue weighted by molar-refractivity contribution is -0.198. The SMILES string of the molecule is CN(CC(O)c1cc2ccccc2[nH]1)c1ccc(S(=O)(=O)n2ccc(/C=C/C(=O)NOC3CCCCO3)c2)cc1. The van der Waals surface area contributed by atoms with E-state index in [1.54, 1.807) is 18.2 Å². The number of H-pyrrole nitrogens is 1. The lowest BCUT2D eigenvalue weighted by Gasteiger charge is -2.22. The van der Waals surface area contributed by atoms with Crippen molar-refractivity contribution in [1.82, 2.24) is 14.4 Å². The van der Waals surface area contributed by atoms with E-state index in [1.165, 1.54) is 36.7 Å². The minimum atomic E-state index is -3.84. The molecule has 0 spiro atoms. The zero-order valence-corrected chi connectivity index (χ0v) is 22.9. The summed E-state index contributed by atoms with van der Waals surface area (Å²) in [5.74, 6) is -0.473. The molecule has 210 valence electrons. The first-order chi connectivity index (χ1) is 19.3. The molecule has 0 bridgehead atoms. The molecule has 2 atom stereocenters. The molecule has 1 saturated heterocycles. The van der Waals surface area contributed by atoms with Crippen LogP contribution in [-0.4, -0.2) is 54.9 Å². The Morgan fingerprint density at radius 3 is 2.77 bits per heavy atom. The van der Waals surface area contributed by atoms with Crippen molar-refractivity contribution in [3.8, 4) is 0 Å². The van der Waals surface area contributed by atoms with E-state index in [-0.39, 0.29) is 4.90 Å². The number of aliphatic hydroxyl groups is 1. The number of anilines is 1. The molecule has 0 saturated carbocycles. The van der Waals surface area contributed by atoms with E-state index in [2.05, 4.69) is 10.5 Å². The number of hydrogen-bond donors (Lipinski definition) is 3. The molecule has 4 aromatic rings. The van der Waals surface area contributed by atoms with Gasteiger partial charge in [-0.15, -0.1) is 0 Å². The number of fused-ring (bicyclic) bond motifs is 1. The van der Waals surface area contributed by atoms with Crippen molar-refractivity contribution in [2.24, 2.45) is 0 Å². The van der Waals surface area contributed by atoms with Crippen molar-refractivity contribution < 1.29 is 27.9 Å². The van der Waals surface area contributed by atoms with Crippen LogP contribution in [0.4, 0.5) is 5.69 Å². The summed E-state index contributed by atoms with van der Waals surface area (Å²) in [5, 5.41) is 11.8. The van der Waals surface area contributed by atoms with Crippen LogP contribution < -0.4 is 10.4 Å². The van der Waals surface area contributed by atoms with Gasteiger partial charge in [0.1, 0.15) is 6.10 Å². The molecule has 3 heterocycles. The van der Waals surface area contributed by atoms with Crippen LogP contribution >= 0.6 is 0 Å². The molecule has 0 aliphatic carbocycles. The fourth-order valence-corrected chi connectivity index (χ4v) is 5.71. The summed E-state index contributed by atoms with van der Waals surface area (Å²) in [6.45, 7) is 0.922. The van der Waals surface area contributed by atoms with Crippen molar-refractivity contribution in [2.45, 2.75) is 36.6 Å². The monoisotopic (exact) mass is 564 g/mol. The Hall–Kier alpha value is -3.90. The van der Waals surface area contributed by atoms with Crippen molar-refractivity contribution in [1.29, 1.82) is 0 Å². The number of rotatable bonds is 10. The van der Waals surface area contributed by atoms with Crippen molar-refractivity contribution >= 4 is 38.6 Å². The maximum Gasteiger partial charge on any atom is 0.267 e. The number of nitrogens with zero attached hydrogens (tertiary/aromatic N) is 2. The number of benzene rings is 2. The van der Waals surface area contributed by atoms with Crippen LogP contribution in [0.2, 0.25) is 0 Å². The molecule has 3 N–H and O–H groups in total. The number of nitrogens with one attached hydrogen (secondary N) is 2. The lowest BCUT2D eigenvalue weighted by atomic mass is 10.2. The maximum atomic E-state index is 13.2. The van der Waals surface area contributed by atoms with Gasteiger partial charge in [0.05, 0.1) is 4.90 Å². The number of amides is 1. The number of hydrogen-bond acceptors (Lipinski definition) is 7. The summed E-state index contributed by atoms with van der Waals surface area (Å²) < 4.78 is 32.8. The number of carbonyl (C=O) groups excluding carboxylic acids is 1. The Kier molecular flexibility index (Phi) is 8.36. The summed E-state index contributed by atoms with van der Waals surface area (Å²) in [7, 11) is -2.00. The van der Waals surface area contributed by atoms with Gasteiger partial charge < -0.3 is 19.7 Å². The number of aromatic amines is 1. The van der Waals surface area contributed by atoms with Crippen LogP contribution in [0.5, 0.6) is 0 Å². The second-order valence-electron chi connectivity index (χ2n) is 9.70. The van der Waals surface area contributed by atoms with Crippen LogP contribution in [0.15, 0.2) is 84.0 Å². The average molecular weight is 565 g/mol. The van der Waals surface area contributed by atoms with Gasteiger partial charge in [-0.3, -0.25) is 4.79 Å². The third-order valence-corrected chi connectivity index (χ3v) is 8.41. The Bertz CT molecular complexity index is 1550. The highest BCUT2D eigenvalue weighted by molar-refractivity contribution is 7.90. The standard InChI is InChI=1S/C29H32N4O6S/c1-32(20-27(34)26-18-22-6-2-3-7-25(22)30-26)23-10-12-24(13-11-23)40(36,37)33-16-15-21(19-33)9-14-28(35)31-39-29-8-4-5-17-38-29/h2-3,6-7,9-16,18-19,27,29-30,34H,4-5,8,17,20H2,1H3,(H,31,35)/b14-9+. The van der Waals surface area contributed by atoms with E-state index in [1.807, 2.05) is 42.3 Å². The number of likely N-dealkylation sites (N-methyl/N-ethyl adjacent to an activating group) is 1. The molecule has 11 heteroatoms. The smallest absolute Gasteiger partial charge is 0.267 e. The third kappa shape index (κ3) is 6.45. The molecule has 5 rings (SSSR count).